The number of sulfonamides is 1. The van der Waals surface area contributed by atoms with Gasteiger partial charge in [0.1, 0.15) is 12.1 Å². The third-order valence-corrected chi connectivity index (χ3v) is 6.84. The number of aromatic nitrogens is 1. The van der Waals surface area contributed by atoms with Gasteiger partial charge in [-0.3, -0.25) is 4.79 Å². The lowest BCUT2D eigenvalue weighted by Gasteiger charge is -2.16. The van der Waals surface area contributed by atoms with Crippen molar-refractivity contribution in [1.82, 2.24) is 9.29 Å². The number of carbonyl (C=O) groups is 1. The lowest BCUT2D eigenvalue weighted by molar-refractivity contribution is -0.139. The molecule has 1 unspecified atom stereocenters. The number of nitrogens with one attached hydrogen (secondary N) is 1. The molecule has 0 amide bonds. The number of carboxylic acids is 1. The van der Waals surface area contributed by atoms with Crippen molar-refractivity contribution in [2.45, 2.75) is 10.9 Å². The second-order valence-corrected chi connectivity index (χ2v) is 9.72. The Hall–Kier alpha value is -3.35. The first-order chi connectivity index (χ1) is 15.7. The fourth-order valence-electron chi connectivity index (χ4n) is 3.50. The first kappa shape index (κ1) is 22.8. The summed E-state index contributed by atoms with van der Waals surface area (Å²) in [5.41, 5.74) is 2.12. The van der Waals surface area contributed by atoms with Gasteiger partial charge in [-0.05, 0) is 54.1 Å². The van der Waals surface area contributed by atoms with E-state index in [4.69, 9.17) is 23.2 Å². The number of benzene rings is 3. The summed E-state index contributed by atoms with van der Waals surface area (Å²) in [6.07, 6.45) is 1.76. The third-order valence-electron chi connectivity index (χ3n) is 5.00. The predicted molar refractivity (Wildman–Crippen MR) is 125 cm³/mol. The van der Waals surface area contributed by atoms with Crippen molar-refractivity contribution in [1.29, 1.82) is 5.26 Å². The van der Waals surface area contributed by atoms with E-state index in [1.54, 1.807) is 42.6 Å². The van der Waals surface area contributed by atoms with Crippen LogP contribution in [0, 0.1) is 11.3 Å². The topological polar surface area (TPSA) is 112 Å². The van der Waals surface area contributed by atoms with Gasteiger partial charge in [0.05, 0.1) is 21.7 Å². The Morgan fingerprint density at radius 3 is 2.39 bits per heavy atom. The van der Waals surface area contributed by atoms with E-state index in [0.29, 0.717) is 16.6 Å². The van der Waals surface area contributed by atoms with Crippen LogP contribution in [0.1, 0.15) is 17.2 Å². The van der Waals surface area contributed by atoms with E-state index in [1.165, 1.54) is 24.3 Å². The largest absolute Gasteiger partial charge is 0.480 e. The molecule has 1 atom stereocenters. The van der Waals surface area contributed by atoms with Crippen molar-refractivity contribution in [3.63, 3.8) is 0 Å². The second kappa shape index (κ2) is 8.89. The summed E-state index contributed by atoms with van der Waals surface area (Å²) in [6.45, 7) is 0. The van der Waals surface area contributed by atoms with Gasteiger partial charge in [0.2, 0.25) is 10.0 Å². The van der Waals surface area contributed by atoms with E-state index >= 15 is 0 Å². The van der Waals surface area contributed by atoms with Crippen LogP contribution in [0.25, 0.3) is 16.6 Å². The highest BCUT2D eigenvalue weighted by Crippen LogP contribution is 2.28. The molecule has 0 aliphatic rings. The minimum absolute atomic E-state index is 0.107. The van der Waals surface area contributed by atoms with Gasteiger partial charge in [-0.15, -0.1) is 0 Å². The SMILES string of the molecule is N#Cc1ccccc1-n1ccc2cc(C(NS(=O)(=O)c3cc(Cl)cc(Cl)c3)C(=O)O)ccc21. The minimum atomic E-state index is -4.24. The quantitative estimate of drug-likeness (QED) is 0.391. The van der Waals surface area contributed by atoms with Crippen molar-refractivity contribution in [3.05, 3.63) is 94.1 Å². The molecule has 0 aliphatic carbocycles. The van der Waals surface area contributed by atoms with Gasteiger partial charge in [-0.2, -0.15) is 9.98 Å². The lowest BCUT2D eigenvalue weighted by Crippen LogP contribution is -2.33. The van der Waals surface area contributed by atoms with Crippen LogP contribution in [0.2, 0.25) is 10.0 Å². The smallest absolute Gasteiger partial charge is 0.326 e. The van der Waals surface area contributed by atoms with Crippen molar-refractivity contribution in [2.75, 3.05) is 0 Å². The highest BCUT2D eigenvalue weighted by molar-refractivity contribution is 7.89. The average Bonchev–Trinajstić information content (AvgIpc) is 3.19. The highest BCUT2D eigenvalue weighted by atomic mass is 35.5. The molecule has 1 aromatic heterocycles. The molecule has 0 saturated heterocycles. The first-order valence-corrected chi connectivity index (χ1v) is 11.8. The zero-order valence-electron chi connectivity index (χ0n) is 16.7. The molecule has 0 radical (unpaired) electrons. The van der Waals surface area contributed by atoms with Gasteiger partial charge in [0, 0.05) is 21.6 Å². The van der Waals surface area contributed by atoms with Gasteiger partial charge in [-0.25, -0.2) is 8.42 Å². The number of hydrogen-bond donors (Lipinski definition) is 2. The minimum Gasteiger partial charge on any atom is -0.480 e. The molecule has 1 heterocycles. The average molecular weight is 500 g/mol. The van der Waals surface area contributed by atoms with Gasteiger partial charge in [-0.1, -0.05) is 41.4 Å². The molecule has 0 bridgehead atoms. The molecule has 4 rings (SSSR count). The summed E-state index contributed by atoms with van der Waals surface area (Å²) in [5.74, 6) is -1.37. The fraction of sp³-hybridized carbons (Fsp3) is 0.0435. The Morgan fingerprint density at radius 2 is 1.73 bits per heavy atom. The van der Waals surface area contributed by atoms with Gasteiger partial charge in [0.15, 0.2) is 0 Å². The van der Waals surface area contributed by atoms with Crippen LogP contribution >= 0.6 is 23.2 Å². The zero-order chi connectivity index (χ0) is 23.8. The Balaban J connectivity index is 1.73. The Bertz CT molecular complexity index is 1520. The van der Waals surface area contributed by atoms with Gasteiger partial charge in [0.25, 0.3) is 0 Å². The number of hydrogen-bond acceptors (Lipinski definition) is 4. The van der Waals surface area contributed by atoms with Crippen molar-refractivity contribution in [3.8, 4) is 11.8 Å². The monoisotopic (exact) mass is 499 g/mol. The molecule has 0 saturated carbocycles. The summed E-state index contributed by atoms with van der Waals surface area (Å²) < 4.78 is 29.7. The van der Waals surface area contributed by atoms with Gasteiger partial charge >= 0.3 is 5.97 Å². The number of nitrogens with zero attached hydrogens (tertiary/aromatic N) is 2. The van der Waals surface area contributed by atoms with E-state index in [0.717, 1.165) is 5.52 Å². The van der Waals surface area contributed by atoms with Crippen molar-refractivity contribution in [2.24, 2.45) is 0 Å². The summed E-state index contributed by atoms with van der Waals surface area (Å²) in [5, 5.41) is 20.0. The molecule has 10 heteroatoms. The van der Waals surface area contributed by atoms with Crippen LogP contribution in [-0.2, 0) is 14.8 Å². The molecule has 7 nitrogen and oxygen atoms in total. The Kier molecular flexibility index (Phi) is 6.15. The number of rotatable bonds is 6. The number of aliphatic carboxylic acids is 1. The molecular weight excluding hydrogens is 485 g/mol. The predicted octanol–water partition coefficient (Wildman–Crippen LogP) is 4.91. The van der Waals surface area contributed by atoms with E-state index < -0.39 is 22.0 Å². The molecule has 3 aromatic carbocycles. The number of fused-ring (bicyclic) bond motifs is 1. The number of nitriles is 1. The van der Waals surface area contributed by atoms with Gasteiger partial charge < -0.3 is 9.67 Å². The summed E-state index contributed by atoms with van der Waals surface area (Å²) in [6, 6.07) is 18.0. The standard InChI is InChI=1S/C23H15Cl2N3O4S/c24-17-10-18(25)12-19(11-17)33(31,32)27-22(23(29)30)15-5-6-21-14(9-15)7-8-28(21)20-4-2-1-3-16(20)13-26/h1-12,22,27H,(H,29,30). The highest BCUT2D eigenvalue weighted by Gasteiger charge is 2.28. The Labute approximate surface area is 199 Å². The van der Waals surface area contributed by atoms with E-state index in [1.807, 2.05) is 10.6 Å². The summed E-state index contributed by atoms with van der Waals surface area (Å²) in [4.78, 5) is 11.7. The van der Waals surface area contributed by atoms with E-state index in [9.17, 15) is 23.6 Å². The fourth-order valence-corrected chi connectivity index (χ4v) is 5.40. The molecule has 2 N–H and O–H groups in total. The molecule has 0 spiro atoms. The van der Waals surface area contributed by atoms with E-state index in [-0.39, 0.29) is 20.5 Å². The number of carboxylic acid groups (broad SMARTS) is 1. The molecule has 0 aliphatic heterocycles. The van der Waals surface area contributed by atoms with E-state index in [2.05, 4.69) is 10.8 Å². The second-order valence-electron chi connectivity index (χ2n) is 7.13. The maximum Gasteiger partial charge on any atom is 0.326 e. The third kappa shape index (κ3) is 4.58. The Morgan fingerprint density at radius 1 is 1.03 bits per heavy atom. The molecular formula is C23H15Cl2N3O4S. The maximum absolute atomic E-state index is 12.8. The maximum atomic E-state index is 12.8. The molecule has 166 valence electrons. The normalized spacial score (nSPS) is 12.4. The van der Waals surface area contributed by atoms with Crippen LogP contribution in [0.3, 0.4) is 0 Å². The first-order valence-electron chi connectivity index (χ1n) is 9.51. The van der Waals surface area contributed by atoms with Crippen LogP contribution in [0.15, 0.2) is 77.8 Å². The molecule has 0 fully saturated rings. The number of halogens is 2. The van der Waals surface area contributed by atoms with Crippen LogP contribution < -0.4 is 4.72 Å². The lowest BCUT2D eigenvalue weighted by atomic mass is 10.1. The van der Waals surface area contributed by atoms with Crippen molar-refractivity contribution < 1.29 is 18.3 Å². The number of para-hydroxylation sites is 1. The van der Waals surface area contributed by atoms with Crippen LogP contribution in [-0.4, -0.2) is 24.1 Å². The molecule has 4 aromatic rings. The van der Waals surface area contributed by atoms with Crippen LogP contribution in [0.5, 0.6) is 0 Å². The van der Waals surface area contributed by atoms with Crippen LogP contribution in [0.4, 0.5) is 0 Å². The molecule has 33 heavy (non-hydrogen) atoms. The summed E-state index contributed by atoms with van der Waals surface area (Å²) >= 11 is 11.8. The van der Waals surface area contributed by atoms with Crippen molar-refractivity contribution >= 4 is 50.1 Å². The zero-order valence-corrected chi connectivity index (χ0v) is 19.1. The summed E-state index contributed by atoms with van der Waals surface area (Å²) in [7, 11) is -4.24.